The predicted octanol–water partition coefficient (Wildman–Crippen LogP) is 3.57. The molecule has 0 radical (unpaired) electrons. The number of fused-ring (bicyclic) bond motifs is 1. The first-order valence-corrected chi connectivity index (χ1v) is 9.69. The average molecular weight is 426 g/mol. The summed E-state index contributed by atoms with van der Waals surface area (Å²) in [5.74, 6) is 0.939. The molecule has 1 N–H and O–H groups in total. The molecule has 30 heavy (non-hydrogen) atoms. The molecule has 0 aliphatic rings. The zero-order chi connectivity index (χ0) is 21.3. The molecule has 2 heterocycles. The Morgan fingerprint density at radius 2 is 1.87 bits per heavy atom. The van der Waals surface area contributed by atoms with E-state index in [1.807, 2.05) is 12.1 Å². The standard InChI is InChI=1S/C22H20ClN3O4/c1-14(27)12-30-20-8-7-18(10-21(20)29-2)25-13-24-26-11-16(9-19(26)22(25)28)15-3-5-17(23)6-4-15/h3-11,13-14,27H,12H2,1-2H3. The van der Waals surface area contributed by atoms with Crippen molar-refractivity contribution in [3.05, 3.63) is 76.4 Å². The summed E-state index contributed by atoms with van der Waals surface area (Å²) in [6.07, 6.45) is 2.66. The van der Waals surface area contributed by atoms with Gasteiger partial charge in [-0.3, -0.25) is 9.36 Å². The second-order valence-electron chi connectivity index (χ2n) is 6.87. The van der Waals surface area contributed by atoms with E-state index in [1.165, 1.54) is 18.0 Å². The van der Waals surface area contributed by atoms with E-state index in [9.17, 15) is 9.90 Å². The molecular weight excluding hydrogens is 406 g/mol. The van der Waals surface area contributed by atoms with Crippen LogP contribution in [0.15, 0.2) is 65.8 Å². The molecule has 2 aromatic carbocycles. The van der Waals surface area contributed by atoms with Gasteiger partial charge in [0.25, 0.3) is 5.56 Å². The van der Waals surface area contributed by atoms with Crippen molar-refractivity contribution in [1.82, 2.24) is 14.2 Å². The van der Waals surface area contributed by atoms with Crippen LogP contribution in [0.1, 0.15) is 6.92 Å². The summed E-state index contributed by atoms with van der Waals surface area (Å²) in [5, 5.41) is 14.4. The highest BCUT2D eigenvalue weighted by Gasteiger charge is 2.13. The van der Waals surface area contributed by atoms with E-state index < -0.39 is 6.10 Å². The molecule has 0 bridgehead atoms. The molecule has 4 rings (SSSR count). The first-order chi connectivity index (χ1) is 14.5. The molecule has 1 unspecified atom stereocenters. The minimum Gasteiger partial charge on any atom is -0.493 e. The van der Waals surface area contributed by atoms with Crippen molar-refractivity contribution in [3.63, 3.8) is 0 Å². The van der Waals surface area contributed by atoms with Crippen LogP contribution in [0.25, 0.3) is 22.3 Å². The third kappa shape index (κ3) is 3.90. The van der Waals surface area contributed by atoms with Gasteiger partial charge in [0.1, 0.15) is 18.5 Å². The van der Waals surface area contributed by atoms with E-state index in [-0.39, 0.29) is 12.2 Å². The molecule has 4 aromatic rings. The number of halogens is 1. The monoisotopic (exact) mass is 425 g/mol. The number of methoxy groups -OCH3 is 1. The Labute approximate surface area is 177 Å². The summed E-state index contributed by atoms with van der Waals surface area (Å²) in [5.41, 5.74) is 2.62. The molecule has 7 nitrogen and oxygen atoms in total. The van der Waals surface area contributed by atoms with E-state index in [0.29, 0.717) is 27.7 Å². The van der Waals surface area contributed by atoms with Gasteiger partial charge in [0.2, 0.25) is 0 Å². The molecule has 0 spiro atoms. The lowest BCUT2D eigenvalue weighted by Gasteiger charge is -2.14. The van der Waals surface area contributed by atoms with Crippen molar-refractivity contribution in [3.8, 4) is 28.3 Å². The highest BCUT2D eigenvalue weighted by Crippen LogP contribution is 2.29. The Kier molecular flexibility index (Phi) is 5.48. The SMILES string of the molecule is COc1cc(-n2cnn3cc(-c4ccc(Cl)cc4)cc3c2=O)ccc1OCC(C)O. The minimum absolute atomic E-state index is 0.140. The Morgan fingerprint density at radius 3 is 2.57 bits per heavy atom. The maximum absolute atomic E-state index is 13.1. The van der Waals surface area contributed by atoms with Gasteiger partial charge in [-0.2, -0.15) is 5.10 Å². The van der Waals surface area contributed by atoms with Gasteiger partial charge in [-0.15, -0.1) is 0 Å². The zero-order valence-electron chi connectivity index (χ0n) is 16.4. The van der Waals surface area contributed by atoms with E-state index in [1.54, 1.807) is 54.0 Å². The third-order valence-corrected chi connectivity index (χ3v) is 4.86. The lowest BCUT2D eigenvalue weighted by molar-refractivity contribution is 0.120. The Hall–Kier alpha value is -3.29. The van der Waals surface area contributed by atoms with Gasteiger partial charge in [-0.25, -0.2) is 4.52 Å². The van der Waals surface area contributed by atoms with Crippen molar-refractivity contribution < 1.29 is 14.6 Å². The Bertz CT molecular complexity index is 1250. The van der Waals surface area contributed by atoms with Gasteiger partial charge < -0.3 is 14.6 Å². The first kappa shape index (κ1) is 20.0. The van der Waals surface area contributed by atoms with E-state index in [4.69, 9.17) is 21.1 Å². The summed E-state index contributed by atoms with van der Waals surface area (Å²) < 4.78 is 13.9. The van der Waals surface area contributed by atoms with Gasteiger partial charge in [0.05, 0.1) is 18.9 Å². The number of aliphatic hydroxyl groups excluding tert-OH is 1. The Balaban J connectivity index is 1.73. The fourth-order valence-electron chi connectivity index (χ4n) is 3.11. The molecule has 0 saturated carbocycles. The number of aromatic nitrogens is 3. The van der Waals surface area contributed by atoms with E-state index >= 15 is 0 Å². The summed E-state index contributed by atoms with van der Waals surface area (Å²) >= 11 is 5.96. The molecule has 0 amide bonds. The molecule has 1 atom stereocenters. The maximum atomic E-state index is 13.1. The number of benzene rings is 2. The summed E-state index contributed by atoms with van der Waals surface area (Å²) in [7, 11) is 1.52. The lowest BCUT2D eigenvalue weighted by atomic mass is 10.1. The van der Waals surface area contributed by atoms with Crippen molar-refractivity contribution >= 4 is 17.1 Å². The summed E-state index contributed by atoms with van der Waals surface area (Å²) in [6.45, 7) is 1.78. The van der Waals surface area contributed by atoms with Crippen LogP contribution < -0.4 is 15.0 Å². The van der Waals surface area contributed by atoms with Crippen LogP contribution in [0.4, 0.5) is 0 Å². The predicted molar refractivity (Wildman–Crippen MR) is 115 cm³/mol. The van der Waals surface area contributed by atoms with E-state index in [0.717, 1.165) is 11.1 Å². The average Bonchev–Trinajstić information content (AvgIpc) is 3.18. The van der Waals surface area contributed by atoms with Crippen LogP contribution in [0.5, 0.6) is 11.5 Å². The highest BCUT2D eigenvalue weighted by atomic mass is 35.5. The number of hydrogen-bond acceptors (Lipinski definition) is 5. The number of nitrogens with zero attached hydrogens (tertiary/aromatic N) is 3. The lowest BCUT2D eigenvalue weighted by Crippen LogP contribution is -2.21. The molecule has 0 aliphatic heterocycles. The molecule has 8 heteroatoms. The minimum atomic E-state index is -0.604. The maximum Gasteiger partial charge on any atom is 0.282 e. The smallest absolute Gasteiger partial charge is 0.282 e. The van der Waals surface area contributed by atoms with Gasteiger partial charge in [-0.05, 0) is 42.8 Å². The van der Waals surface area contributed by atoms with Crippen LogP contribution in [0, 0.1) is 0 Å². The number of aliphatic hydroxyl groups is 1. The van der Waals surface area contributed by atoms with Crippen LogP contribution >= 0.6 is 11.6 Å². The largest absolute Gasteiger partial charge is 0.493 e. The molecule has 0 fully saturated rings. The van der Waals surface area contributed by atoms with Crippen LogP contribution in [-0.4, -0.2) is 39.1 Å². The summed E-state index contributed by atoms with van der Waals surface area (Å²) in [6, 6.07) is 14.3. The second kappa shape index (κ2) is 8.22. The first-order valence-electron chi connectivity index (χ1n) is 9.31. The molecular formula is C22H20ClN3O4. The normalized spacial score (nSPS) is 12.1. The molecule has 154 valence electrons. The molecule has 2 aromatic heterocycles. The molecule has 0 saturated heterocycles. The van der Waals surface area contributed by atoms with Gasteiger partial charge in [0, 0.05) is 22.8 Å². The van der Waals surface area contributed by atoms with E-state index in [2.05, 4.69) is 5.10 Å². The highest BCUT2D eigenvalue weighted by molar-refractivity contribution is 6.30. The van der Waals surface area contributed by atoms with Crippen molar-refractivity contribution in [2.45, 2.75) is 13.0 Å². The van der Waals surface area contributed by atoms with Gasteiger partial charge in [0.15, 0.2) is 11.5 Å². The van der Waals surface area contributed by atoms with Crippen LogP contribution in [-0.2, 0) is 0 Å². The van der Waals surface area contributed by atoms with Crippen LogP contribution in [0.3, 0.4) is 0 Å². The zero-order valence-corrected chi connectivity index (χ0v) is 17.2. The summed E-state index contributed by atoms with van der Waals surface area (Å²) in [4.78, 5) is 13.1. The van der Waals surface area contributed by atoms with Crippen molar-refractivity contribution in [2.24, 2.45) is 0 Å². The third-order valence-electron chi connectivity index (χ3n) is 4.61. The topological polar surface area (TPSA) is 78.0 Å². The number of rotatable bonds is 6. The Morgan fingerprint density at radius 1 is 1.10 bits per heavy atom. The number of ether oxygens (including phenoxy) is 2. The fourth-order valence-corrected chi connectivity index (χ4v) is 3.24. The quantitative estimate of drug-likeness (QED) is 0.511. The van der Waals surface area contributed by atoms with Gasteiger partial charge in [-0.1, -0.05) is 23.7 Å². The number of hydrogen-bond donors (Lipinski definition) is 1. The van der Waals surface area contributed by atoms with Gasteiger partial charge >= 0.3 is 0 Å². The fraction of sp³-hybridized carbons (Fsp3) is 0.182. The van der Waals surface area contributed by atoms with Crippen LogP contribution in [0.2, 0.25) is 5.02 Å². The molecule has 0 aliphatic carbocycles. The van der Waals surface area contributed by atoms with Crippen molar-refractivity contribution in [1.29, 1.82) is 0 Å². The second-order valence-corrected chi connectivity index (χ2v) is 7.30. The van der Waals surface area contributed by atoms with Crippen molar-refractivity contribution in [2.75, 3.05) is 13.7 Å².